The second-order valence-corrected chi connectivity index (χ2v) is 8.98. The van der Waals surface area contributed by atoms with Gasteiger partial charge in [-0.2, -0.15) is 0 Å². The molecule has 0 radical (unpaired) electrons. The molecule has 2 heterocycles. The normalized spacial score (nSPS) is 22.5. The van der Waals surface area contributed by atoms with Crippen LogP contribution in [0.5, 0.6) is 5.75 Å². The summed E-state index contributed by atoms with van der Waals surface area (Å²) in [5, 5.41) is 19.7. The fourth-order valence-corrected chi connectivity index (χ4v) is 4.88. The van der Waals surface area contributed by atoms with E-state index in [0.717, 1.165) is 10.6 Å². The minimum absolute atomic E-state index is 0.0447. The van der Waals surface area contributed by atoms with Crippen molar-refractivity contribution in [1.82, 2.24) is 15.3 Å². The third-order valence-electron chi connectivity index (χ3n) is 6.39. The van der Waals surface area contributed by atoms with E-state index in [9.17, 15) is 24.7 Å². The number of likely N-dealkylation sites (tertiary alicyclic amines) is 1. The van der Waals surface area contributed by atoms with E-state index >= 15 is 0 Å². The summed E-state index contributed by atoms with van der Waals surface area (Å²) in [4.78, 5) is 43.0. The number of nitrogens with one attached hydrogen (secondary N) is 1. The number of hydrogen-bond donors (Lipinski definition) is 3. The lowest BCUT2D eigenvalue weighted by Crippen LogP contribution is -2.64. The first-order valence-corrected chi connectivity index (χ1v) is 11.7. The van der Waals surface area contributed by atoms with Gasteiger partial charge in [0, 0.05) is 43.3 Å². The zero-order valence-electron chi connectivity index (χ0n) is 18.9. The topological polar surface area (TPSA) is 123 Å². The molecule has 0 spiro atoms. The fraction of sp³-hybridized carbons (Fsp3) is 0.375. The lowest BCUT2D eigenvalue weighted by atomic mass is 9.86. The number of amides is 3. The third kappa shape index (κ3) is 5.60. The zero-order valence-corrected chi connectivity index (χ0v) is 19.7. The molecule has 0 unspecified atom stereocenters. The van der Waals surface area contributed by atoms with Crippen molar-refractivity contribution >= 4 is 35.2 Å². The number of rotatable bonds is 5. The molecule has 3 amide bonds. The number of carbonyl (C=O) groups is 3. The highest BCUT2D eigenvalue weighted by Crippen LogP contribution is 2.30. The van der Waals surface area contributed by atoms with E-state index in [1.54, 1.807) is 34.6 Å². The number of carboxylic acid groups (broad SMARTS) is 1. The number of ether oxygens (including phenoxy) is 1. The van der Waals surface area contributed by atoms with Crippen molar-refractivity contribution in [2.75, 3.05) is 37.6 Å². The zero-order chi connectivity index (χ0) is 24.9. The highest BCUT2D eigenvalue weighted by molar-refractivity contribution is 6.30. The lowest BCUT2D eigenvalue weighted by Gasteiger charge is -2.44. The van der Waals surface area contributed by atoms with E-state index in [4.69, 9.17) is 16.3 Å². The molecule has 2 aromatic rings. The molecule has 11 heteroatoms. The number of hydroxylamine groups is 1. The minimum Gasteiger partial charge on any atom is -0.489 e. The highest BCUT2D eigenvalue weighted by atomic mass is 35.5. The van der Waals surface area contributed by atoms with Gasteiger partial charge in [0.2, 0.25) is 11.8 Å². The molecular weight excluding hydrogens is 476 g/mol. The van der Waals surface area contributed by atoms with Crippen LogP contribution in [-0.4, -0.2) is 82.9 Å². The van der Waals surface area contributed by atoms with Crippen molar-refractivity contribution in [2.24, 2.45) is 5.92 Å². The number of hydrogen-bond acceptors (Lipinski definition) is 6. The summed E-state index contributed by atoms with van der Waals surface area (Å²) in [5.74, 6) is -2.02. The molecule has 0 saturated carbocycles. The van der Waals surface area contributed by atoms with Crippen molar-refractivity contribution in [3.05, 3.63) is 59.6 Å². The van der Waals surface area contributed by atoms with Gasteiger partial charge in [-0.1, -0.05) is 35.9 Å². The van der Waals surface area contributed by atoms with E-state index in [2.05, 4.69) is 4.90 Å². The first kappa shape index (κ1) is 24.6. The van der Waals surface area contributed by atoms with Gasteiger partial charge in [-0.05, 0) is 30.3 Å². The van der Waals surface area contributed by atoms with Crippen LogP contribution in [0.15, 0.2) is 54.6 Å². The van der Waals surface area contributed by atoms with Crippen molar-refractivity contribution < 1.29 is 29.4 Å². The molecule has 3 N–H and O–H groups in total. The SMILES string of the molecule is O=C(NO)[C@H]1C[C@H](Oc2cccc(Cl)c2)CN(C(=O)O)[C@@H]1C(=O)N1CCN(c2ccccc2)CC1. The summed E-state index contributed by atoms with van der Waals surface area (Å²) in [6.45, 7) is 1.80. The maximum Gasteiger partial charge on any atom is 0.408 e. The van der Waals surface area contributed by atoms with Crippen LogP contribution in [0.3, 0.4) is 0 Å². The van der Waals surface area contributed by atoms with Crippen molar-refractivity contribution in [2.45, 2.75) is 18.6 Å². The quantitative estimate of drug-likeness (QED) is 0.423. The Morgan fingerprint density at radius 1 is 1.00 bits per heavy atom. The van der Waals surface area contributed by atoms with Gasteiger partial charge in [-0.25, -0.2) is 10.3 Å². The highest BCUT2D eigenvalue weighted by Gasteiger charge is 2.48. The number of benzene rings is 2. The maximum absolute atomic E-state index is 13.5. The summed E-state index contributed by atoms with van der Waals surface area (Å²) in [6, 6.07) is 15.1. The van der Waals surface area contributed by atoms with E-state index in [1.165, 1.54) is 0 Å². The molecule has 4 rings (SSSR count). The summed E-state index contributed by atoms with van der Waals surface area (Å²) in [5.41, 5.74) is 2.63. The number of anilines is 1. The molecule has 2 saturated heterocycles. The number of nitrogens with zero attached hydrogens (tertiary/aromatic N) is 3. The second-order valence-electron chi connectivity index (χ2n) is 8.54. The average Bonchev–Trinajstić information content (AvgIpc) is 2.88. The van der Waals surface area contributed by atoms with Crippen molar-refractivity contribution in [3.63, 3.8) is 0 Å². The number of halogens is 1. The molecule has 10 nitrogen and oxygen atoms in total. The van der Waals surface area contributed by atoms with Crippen LogP contribution in [0.1, 0.15) is 6.42 Å². The Hall–Kier alpha value is -3.50. The van der Waals surface area contributed by atoms with Gasteiger partial charge in [-0.15, -0.1) is 0 Å². The molecule has 3 atom stereocenters. The minimum atomic E-state index is -1.35. The van der Waals surface area contributed by atoms with Gasteiger partial charge in [0.1, 0.15) is 17.9 Å². The van der Waals surface area contributed by atoms with Crippen LogP contribution in [0, 0.1) is 5.92 Å². The van der Waals surface area contributed by atoms with Crippen molar-refractivity contribution in [3.8, 4) is 5.75 Å². The van der Waals surface area contributed by atoms with E-state index in [1.807, 2.05) is 30.3 Å². The number of piperazine rings is 1. The van der Waals surface area contributed by atoms with Gasteiger partial charge in [0.15, 0.2) is 0 Å². The van der Waals surface area contributed by atoms with Crippen molar-refractivity contribution in [1.29, 1.82) is 0 Å². The molecule has 2 aliphatic heterocycles. The summed E-state index contributed by atoms with van der Waals surface area (Å²) >= 11 is 6.01. The Morgan fingerprint density at radius 3 is 2.34 bits per heavy atom. The predicted octanol–water partition coefficient (Wildman–Crippen LogP) is 2.31. The predicted molar refractivity (Wildman–Crippen MR) is 128 cm³/mol. The van der Waals surface area contributed by atoms with E-state index in [-0.39, 0.29) is 13.0 Å². The maximum atomic E-state index is 13.5. The molecule has 2 aromatic carbocycles. The van der Waals surface area contributed by atoms with Crippen LogP contribution >= 0.6 is 11.6 Å². The molecule has 186 valence electrons. The number of para-hydroxylation sites is 1. The van der Waals surface area contributed by atoms with Crippen LogP contribution in [0.25, 0.3) is 0 Å². The number of piperidine rings is 1. The van der Waals surface area contributed by atoms with Gasteiger partial charge < -0.3 is 19.6 Å². The van der Waals surface area contributed by atoms with Gasteiger partial charge in [-0.3, -0.25) is 19.7 Å². The van der Waals surface area contributed by atoms with E-state index in [0.29, 0.717) is 37.0 Å². The first-order valence-electron chi connectivity index (χ1n) is 11.3. The Kier molecular flexibility index (Phi) is 7.62. The van der Waals surface area contributed by atoms with Crippen LogP contribution in [0.4, 0.5) is 10.5 Å². The second kappa shape index (κ2) is 10.8. The Labute approximate surface area is 207 Å². The Bertz CT molecular complexity index is 1060. The molecule has 0 aromatic heterocycles. The smallest absolute Gasteiger partial charge is 0.408 e. The van der Waals surface area contributed by atoms with Crippen LogP contribution in [-0.2, 0) is 9.59 Å². The Morgan fingerprint density at radius 2 is 1.71 bits per heavy atom. The van der Waals surface area contributed by atoms with Crippen LogP contribution in [0.2, 0.25) is 5.02 Å². The molecule has 2 aliphatic rings. The standard InChI is InChI=1S/C24H27ClN4O6/c25-16-5-4-8-18(13-16)35-19-14-20(22(30)26-34)21(29(15-19)24(32)33)23(31)28-11-9-27(10-12-28)17-6-2-1-3-7-17/h1-8,13,19-21,34H,9-12,14-15H2,(H,26,30)(H,32,33)/t19-,20-,21-/m0/s1. The molecular formula is C24H27ClN4O6. The lowest BCUT2D eigenvalue weighted by molar-refractivity contribution is -0.150. The largest absolute Gasteiger partial charge is 0.489 e. The van der Waals surface area contributed by atoms with Gasteiger partial charge >= 0.3 is 6.09 Å². The molecule has 0 bridgehead atoms. The first-order chi connectivity index (χ1) is 16.9. The Balaban J connectivity index is 1.51. The fourth-order valence-electron chi connectivity index (χ4n) is 4.70. The van der Waals surface area contributed by atoms with Gasteiger partial charge in [0.25, 0.3) is 0 Å². The third-order valence-corrected chi connectivity index (χ3v) is 6.63. The summed E-state index contributed by atoms with van der Waals surface area (Å²) in [6.07, 6.45) is -2.02. The molecule has 35 heavy (non-hydrogen) atoms. The summed E-state index contributed by atoms with van der Waals surface area (Å²) < 4.78 is 5.90. The average molecular weight is 503 g/mol. The van der Waals surface area contributed by atoms with Gasteiger partial charge in [0.05, 0.1) is 12.5 Å². The summed E-state index contributed by atoms with van der Waals surface area (Å²) in [7, 11) is 0. The number of carbonyl (C=O) groups excluding carboxylic acids is 2. The van der Waals surface area contributed by atoms with Crippen LogP contribution < -0.4 is 15.1 Å². The monoisotopic (exact) mass is 502 g/mol. The molecule has 0 aliphatic carbocycles. The van der Waals surface area contributed by atoms with E-state index < -0.39 is 36.0 Å². The molecule has 2 fully saturated rings.